The molecule has 2 aromatic carbocycles. The molecule has 0 aliphatic carbocycles. The first-order chi connectivity index (χ1) is 13.0. The van der Waals surface area contributed by atoms with Crippen LogP contribution in [-0.2, 0) is 6.61 Å². The van der Waals surface area contributed by atoms with Crippen molar-refractivity contribution in [2.75, 3.05) is 0 Å². The van der Waals surface area contributed by atoms with Crippen molar-refractivity contribution in [2.24, 2.45) is 0 Å². The molecular weight excluding hydrogens is 348 g/mol. The van der Waals surface area contributed by atoms with E-state index in [1.54, 1.807) is 28.9 Å². The molecule has 0 saturated heterocycles. The van der Waals surface area contributed by atoms with Gasteiger partial charge in [-0.2, -0.15) is 10.1 Å². The van der Waals surface area contributed by atoms with Gasteiger partial charge in [0.1, 0.15) is 18.2 Å². The maximum Gasteiger partial charge on any atom is 0.215 e. The molecule has 0 fully saturated rings. The average Bonchev–Trinajstić information content (AvgIpc) is 2.98. The molecule has 0 atom stereocenters. The highest BCUT2D eigenvalue weighted by molar-refractivity contribution is 5.83. The van der Waals surface area contributed by atoms with Crippen molar-refractivity contribution in [3.63, 3.8) is 0 Å². The minimum atomic E-state index is -0.339. The number of aryl methyl sites for hydroxylation is 2. The van der Waals surface area contributed by atoms with E-state index >= 15 is 0 Å². The molecule has 0 bridgehead atoms. The molecule has 136 valence electrons. The lowest BCUT2D eigenvalue weighted by atomic mass is 10.1. The summed E-state index contributed by atoms with van der Waals surface area (Å²) >= 11 is 0. The van der Waals surface area contributed by atoms with Crippen LogP contribution in [0, 0.1) is 25.5 Å². The Morgan fingerprint density at radius 2 is 1.74 bits per heavy atom. The standard InChI is InChI=1S/C21H17F2N3O/c1-13-10-19(27-12-15-6-8-16(22)9-7-15)24-21-20(13)14(2)25-26(21)18-5-3-4-17(23)11-18/h3-11H,12H2,1-2H3. The first-order valence-corrected chi connectivity index (χ1v) is 8.51. The van der Waals surface area contributed by atoms with E-state index in [1.165, 1.54) is 24.3 Å². The first-order valence-electron chi connectivity index (χ1n) is 8.51. The molecule has 0 radical (unpaired) electrons. The molecule has 0 N–H and O–H groups in total. The van der Waals surface area contributed by atoms with E-state index in [0.29, 0.717) is 17.2 Å². The third-order valence-electron chi connectivity index (χ3n) is 4.34. The summed E-state index contributed by atoms with van der Waals surface area (Å²) in [7, 11) is 0. The summed E-state index contributed by atoms with van der Waals surface area (Å²) in [5.74, 6) is -0.195. The normalized spacial score (nSPS) is 11.1. The zero-order valence-corrected chi connectivity index (χ0v) is 14.9. The van der Waals surface area contributed by atoms with Crippen LogP contribution in [0.15, 0.2) is 54.6 Å². The van der Waals surface area contributed by atoms with Crippen LogP contribution in [0.3, 0.4) is 0 Å². The lowest BCUT2D eigenvalue weighted by molar-refractivity contribution is 0.294. The van der Waals surface area contributed by atoms with Crippen molar-refractivity contribution in [3.8, 4) is 11.6 Å². The number of hydrogen-bond donors (Lipinski definition) is 0. The van der Waals surface area contributed by atoms with Crippen LogP contribution in [0.1, 0.15) is 16.8 Å². The van der Waals surface area contributed by atoms with Gasteiger partial charge in [-0.25, -0.2) is 13.5 Å². The molecule has 2 aromatic heterocycles. The first kappa shape index (κ1) is 17.1. The smallest absolute Gasteiger partial charge is 0.215 e. The van der Waals surface area contributed by atoms with E-state index in [1.807, 2.05) is 19.9 Å². The van der Waals surface area contributed by atoms with Gasteiger partial charge in [-0.1, -0.05) is 18.2 Å². The minimum Gasteiger partial charge on any atom is -0.473 e. The number of halogens is 2. The Morgan fingerprint density at radius 3 is 2.48 bits per heavy atom. The van der Waals surface area contributed by atoms with Crippen LogP contribution < -0.4 is 4.74 Å². The van der Waals surface area contributed by atoms with Crippen LogP contribution in [-0.4, -0.2) is 14.8 Å². The fraction of sp³-hybridized carbons (Fsp3) is 0.143. The van der Waals surface area contributed by atoms with E-state index < -0.39 is 0 Å². The summed E-state index contributed by atoms with van der Waals surface area (Å²) in [5, 5.41) is 5.43. The van der Waals surface area contributed by atoms with Crippen molar-refractivity contribution < 1.29 is 13.5 Å². The minimum absolute atomic E-state index is 0.269. The summed E-state index contributed by atoms with van der Waals surface area (Å²) in [6, 6.07) is 14.2. The number of fused-ring (bicyclic) bond motifs is 1. The second-order valence-electron chi connectivity index (χ2n) is 6.37. The van der Waals surface area contributed by atoms with Gasteiger partial charge >= 0.3 is 0 Å². The number of hydrogen-bond acceptors (Lipinski definition) is 3. The topological polar surface area (TPSA) is 39.9 Å². The van der Waals surface area contributed by atoms with Gasteiger partial charge in [0.25, 0.3) is 0 Å². The highest BCUT2D eigenvalue weighted by Gasteiger charge is 2.15. The highest BCUT2D eigenvalue weighted by Crippen LogP contribution is 2.27. The van der Waals surface area contributed by atoms with Crippen LogP contribution in [0.4, 0.5) is 8.78 Å². The van der Waals surface area contributed by atoms with E-state index in [4.69, 9.17) is 4.74 Å². The van der Waals surface area contributed by atoms with Crippen molar-refractivity contribution in [1.82, 2.24) is 14.8 Å². The molecule has 4 rings (SSSR count). The maximum absolute atomic E-state index is 13.6. The third kappa shape index (κ3) is 3.38. The van der Waals surface area contributed by atoms with Crippen molar-refractivity contribution in [1.29, 1.82) is 0 Å². The molecule has 27 heavy (non-hydrogen) atoms. The van der Waals surface area contributed by atoms with E-state index in [0.717, 1.165) is 22.2 Å². The van der Waals surface area contributed by atoms with E-state index in [-0.39, 0.29) is 18.2 Å². The van der Waals surface area contributed by atoms with Gasteiger partial charge < -0.3 is 4.74 Å². The summed E-state index contributed by atoms with van der Waals surface area (Å²) in [5.41, 5.74) is 3.81. The van der Waals surface area contributed by atoms with Gasteiger partial charge in [0.2, 0.25) is 5.88 Å². The number of pyridine rings is 1. The largest absolute Gasteiger partial charge is 0.473 e. The zero-order chi connectivity index (χ0) is 19.0. The Bertz CT molecular complexity index is 1120. The lowest BCUT2D eigenvalue weighted by Crippen LogP contribution is -2.01. The van der Waals surface area contributed by atoms with Crippen LogP contribution in [0.5, 0.6) is 5.88 Å². The van der Waals surface area contributed by atoms with Crippen molar-refractivity contribution >= 4 is 11.0 Å². The van der Waals surface area contributed by atoms with Gasteiger partial charge in [-0.3, -0.25) is 0 Å². The Hall–Kier alpha value is -3.28. The number of aromatic nitrogens is 3. The molecule has 4 nitrogen and oxygen atoms in total. The molecule has 2 heterocycles. The molecule has 0 saturated carbocycles. The number of rotatable bonds is 4. The molecule has 0 aliphatic rings. The number of nitrogens with zero attached hydrogens (tertiary/aromatic N) is 3. The molecule has 6 heteroatoms. The summed E-state index contributed by atoms with van der Waals surface area (Å²) in [6.07, 6.45) is 0. The van der Waals surface area contributed by atoms with Gasteiger partial charge in [0, 0.05) is 11.5 Å². The summed E-state index contributed by atoms with van der Waals surface area (Å²) in [4.78, 5) is 4.58. The molecule has 0 spiro atoms. The molecule has 0 unspecified atom stereocenters. The second-order valence-corrected chi connectivity index (χ2v) is 6.37. The molecule has 4 aromatic rings. The number of benzene rings is 2. The zero-order valence-electron chi connectivity index (χ0n) is 14.9. The average molecular weight is 365 g/mol. The SMILES string of the molecule is Cc1cc(OCc2ccc(F)cc2)nc2c1c(C)nn2-c1cccc(F)c1. The summed E-state index contributed by atoms with van der Waals surface area (Å²) < 4.78 is 34.1. The van der Waals surface area contributed by atoms with Crippen LogP contribution in [0.2, 0.25) is 0 Å². The van der Waals surface area contributed by atoms with Crippen molar-refractivity contribution in [2.45, 2.75) is 20.5 Å². The monoisotopic (exact) mass is 365 g/mol. The number of ether oxygens (including phenoxy) is 1. The third-order valence-corrected chi connectivity index (χ3v) is 4.34. The predicted molar refractivity (Wildman–Crippen MR) is 99.0 cm³/mol. The molecular formula is C21H17F2N3O. The maximum atomic E-state index is 13.6. The van der Waals surface area contributed by atoms with Gasteiger partial charge in [-0.05, 0) is 55.3 Å². The Morgan fingerprint density at radius 1 is 0.963 bits per heavy atom. The van der Waals surface area contributed by atoms with E-state index in [2.05, 4.69) is 10.1 Å². The van der Waals surface area contributed by atoms with Crippen LogP contribution in [0.25, 0.3) is 16.7 Å². The predicted octanol–water partition coefficient (Wildman–Crippen LogP) is 4.89. The molecule has 0 amide bonds. The lowest BCUT2D eigenvalue weighted by Gasteiger charge is -2.09. The Balaban J connectivity index is 1.73. The van der Waals surface area contributed by atoms with Crippen LogP contribution >= 0.6 is 0 Å². The fourth-order valence-corrected chi connectivity index (χ4v) is 3.07. The van der Waals surface area contributed by atoms with Gasteiger partial charge in [0.15, 0.2) is 5.65 Å². The Kier molecular flexibility index (Phi) is 4.32. The fourth-order valence-electron chi connectivity index (χ4n) is 3.07. The highest BCUT2D eigenvalue weighted by atomic mass is 19.1. The van der Waals surface area contributed by atoms with Gasteiger partial charge in [0.05, 0.1) is 11.4 Å². The Labute approximate surface area is 155 Å². The summed E-state index contributed by atoms with van der Waals surface area (Å²) in [6.45, 7) is 4.12. The second kappa shape index (κ2) is 6.79. The van der Waals surface area contributed by atoms with E-state index in [9.17, 15) is 8.78 Å². The van der Waals surface area contributed by atoms with Gasteiger partial charge in [-0.15, -0.1) is 0 Å². The molecule has 0 aliphatic heterocycles. The quantitative estimate of drug-likeness (QED) is 0.517. The van der Waals surface area contributed by atoms with Crippen molar-refractivity contribution in [3.05, 3.63) is 83.1 Å².